The second kappa shape index (κ2) is 9.56. The van der Waals surface area contributed by atoms with Gasteiger partial charge in [0, 0.05) is 30.0 Å². The van der Waals surface area contributed by atoms with Crippen molar-refractivity contribution in [2.75, 3.05) is 23.7 Å². The maximum atomic E-state index is 12.7. The minimum Gasteiger partial charge on any atom is -0.481 e. The van der Waals surface area contributed by atoms with E-state index in [-0.39, 0.29) is 24.9 Å². The number of aliphatic carboxylic acids is 1. The van der Waals surface area contributed by atoms with E-state index in [0.717, 1.165) is 27.9 Å². The largest absolute Gasteiger partial charge is 0.481 e. The van der Waals surface area contributed by atoms with Gasteiger partial charge in [-0.25, -0.2) is 4.79 Å². The quantitative estimate of drug-likeness (QED) is 0.511. The second-order valence-electron chi connectivity index (χ2n) is 8.08. The van der Waals surface area contributed by atoms with Crippen LogP contribution in [0.3, 0.4) is 0 Å². The number of hydrogen-bond donors (Lipinski definition) is 3. The molecule has 0 bridgehead atoms. The first-order valence-corrected chi connectivity index (χ1v) is 10.8. The molecular weight excluding hydrogens is 418 g/mol. The lowest BCUT2D eigenvalue weighted by atomic mass is 9.94. The first kappa shape index (κ1) is 22.1. The number of nitrogens with one attached hydrogen (secondary N) is 2. The van der Waals surface area contributed by atoms with Gasteiger partial charge >= 0.3 is 12.0 Å². The predicted octanol–water partition coefficient (Wildman–Crippen LogP) is 4.78. The second-order valence-corrected chi connectivity index (χ2v) is 8.08. The van der Waals surface area contributed by atoms with E-state index < -0.39 is 5.97 Å². The molecule has 3 N–H and O–H groups in total. The highest BCUT2D eigenvalue weighted by molar-refractivity contribution is 6.00. The summed E-state index contributed by atoms with van der Waals surface area (Å²) >= 11 is 0. The van der Waals surface area contributed by atoms with Gasteiger partial charge < -0.3 is 20.6 Å². The van der Waals surface area contributed by atoms with Crippen LogP contribution in [0.15, 0.2) is 66.7 Å². The summed E-state index contributed by atoms with van der Waals surface area (Å²) in [5, 5.41) is 14.5. The summed E-state index contributed by atoms with van der Waals surface area (Å²) in [4.78, 5) is 37.3. The highest BCUT2D eigenvalue weighted by Gasteiger charge is 2.24. The highest BCUT2D eigenvalue weighted by Crippen LogP contribution is 2.27. The van der Waals surface area contributed by atoms with Crippen LogP contribution in [0.4, 0.5) is 16.2 Å². The summed E-state index contributed by atoms with van der Waals surface area (Å²) in [5.41, 5.74) is 6.06. The number of hydrogen-bond acceptors (Lipinski definition) is 3. The van der Waals surface area contributed by atoms with Crippen molar-refractivity contribution in [1.82, 2.24) is 4.90 Å². The third-order valence-corrected chi connectivity index (χ3v) is 5.66. The molecule has 0 fully saturated rings. The number of anilines is 2. The van der Waals surface area contributed by atoms with E-state index in [2.05, 4.69) is 10.6 Å². The molecule has 1 heterocycles. The zero-order chi connectivity index (χ0) is 23.4. The van der Waals surface area contributed by atoms with E-state index in [1.54, 1.807) is 11.0 Å². The lowest BCUT2D eigenvalue weighted by molar-refractivity contribution is -0.137. The Labute approximate surface area is 192 Å². The zero-order valence-electron chi connectivity index (χ0n) is 18.3. The lowest BCUT2D eigenvalue weighted by Gasteiger charge is -2.28. The van der Waals surface area contributed by atoms with Gasteiger partial charge in [0.25, 0.3) is 5.91 Å². The molecule has 0 atom stereocenters. The molecule has 3 aromatic rings. The van der Waals surface area contributed by atoms with E-state index in [4.69, 9.17) is 5.11 Å². The third-order valence-electron chi connectivity index (χ3n) is 5.66. The molecule has 0 aromatic heterocycles. The first-order valence-electron chi connectivity index (χ1n) is 10.8. The van der Waals surface area contributed by atoms with Gasteiger partial charge in [0.15, 0.2) is 0 Å². The predicted molar refractivity (Wildman–Crippen MR) is 128 cm³/mol. The van der Waals surface area contributed by atoms with Crippen LogP contribution in [0.2, 0.25) is 0 Å². The van der Waals surface area contributed by atoms with Gasteiger partial charge in [0.1, 0.15) is 0 Å². The van der Waals surface area contributed by atoms with Gasteiger partial charge in [0.05, 0.1) is 6.42 Å². The van der Waals surface area contributed by atoms with Gasteiger partial charge in [-0.3, -0.25) is 9.59 Å². The summed E-state index contributed by atoms with van der Waals surface area (Å²) in [6.07, 6.45) is 0.635. The number of carbonyl (C=O) groups excluding carboxylic acids is 2. The number of amides is 3. The van der Waals surface area contributed by atoms with E-state index in [0.29, 0.717) is 24.2 Å². The number of fused-ring (bicyclic) bond motifs is 1. The maximum absolute atomic E-state index is 12.7. The van der Waals surface area contributed by atoms with E-state index >= 15 is 0 Å². The van der Waals surface area contributed by atoms with Gasteiger partial charge in [-0.1, -0.05) is 42.0 Å². The van der Waals surface area contributed by atoms with E-state index in [1.165, 1.54) is 0 Å². The van der Waals surface area contributed by atoms with Crippen LogP contribution in [-0.4, -0.2) is 41.0 Å². The van der Waals surface area contributed by atoms with Crippen LogP contribution >= 0.6 is 0 Å². The molecule has 3 amide bonds. The summed E-state index contributed by atoms with van der Waals surface area (Å²) in [6, 6.07) is 20.5. The normalized spacial score (nSPS) is 12.8. The number of nitrogens with zero attached hydrogens (tertiary/aromatic N) is 1. The summed E-state index contributed by atoms with van der Waals surface area (Å²) < 4.78 is 0. The van der Waals surface area contributed by atoms with E-state index in [9.17, 15) is 14.4 Å². The Morgan fingerprint density at radius 3 is 2.15 bits per heavy atom. The van der Waals surface area contributed by atoms with Crippen molar-refractivity contribution in [2.45, 2.75) is 19.8 Å². The fourth-order valence-corrected chi connectivity index (χ4v) is 3.84. The van der Waals surface area contributed by atoms with Gasteiger partial charge in [-0.2, -0.15) is 0 Å². The highest BCUT2D eigenvalue weighted by atomic mass is 16.4. The molecule has 0 radical (unpaired) electrons. The molecule has 7 nitrogen and oxygen atoms in total. The monoisotopic (exact) mass is 443 g/mol. The molecule has 3 aromatic carbocycles. The van der Waals surface area contributed by atoms with Crippen molar-refractivity contribution in [1.29, 1.82) is 0 Å². The van der Waals surface area contributed by atoms with Crippen LogP contribution in [0.25, 0.3) is 11.1 Å². The van der Waals surface area contributed by atoms with Crippen LogP contribution in [0, 0.1) is 6.92 Å². The summed E-state index contributed by atoms with van der Waals surface area (Å²) in [7, 11) is 0. The third kappa shape index (κ3) is 5.38. The molecule has 0 aliphatic carbocycles. The maximum Gasteiger partial charge on any atom is 0.323 e. The number of benzene rings is 3. The zero-order valence-corrected chi connectivity index (χ0v) is 18.3. The molecule has 0 spiro atoms. The number of rotatable bonds is 6. The van der Waals surface area contributed by atoms with Crippen molar-refractivity contribution in [3.63, 3.8) is 0 Å². The fourth-order valence-electron chi connectivity index (χ4n) is 3.84. The van der Waals surface area contributed by atoms with Gasteiger partial charge in [0.2, 0.25) is 0 Å². The number of carboxylic acid groups (broad SMARTS) is 1. The standard InChI is InChI=1S/C26H25N3O4/c1-17-2-7-21(8-3-17)27-26(33)28-22-9-4-18(5-10-22)19-6-11-23-20(16-19)12-14-29(25(23)32)15-13-24(30)31/h2-11,16H,12-15H2,1H3,(H,30,31)(H2,27,28,33). The molecular formula is C26H25N3O4. The number of aryl methyl sites for hydroxylation is 1. The minimum absolute atomic E-state index is 0.0530. The molecule has 1 aliphatic rings. The Hall–Kier alpha value is -4.13. The lowest BCUT2D eigenvalue weighted by Crippen LogP contribution is -2.38. The molecule has 33 heavy (non-hydrogen) atoms. The number of carboxylic acids is 1. The van der Waals surface area contributed by atoms with Crippen molar-refractivity contribution >= 4 is 29.3 Å². The molecule has 4 rings (SSSR count). The van der Waals surface area contributed by atoms with Gasteiger partial charge in [-0.15, -0.1) is 0 Å². The summed E-state index contributed by atoms with van der Waals surface area (Å²) in [6.45, 7) is 2.73. The molecule has 7 heteroatoms. The minimum atomic E-state index is -0.908. The molecule has 1 aliphatic heterocycles. The molecule has 0 saturated carbocycles. The van der Waals surface area contributed by atoms with Crippen LogP contribution in [-0.2, 0) is 11.2 Å². The van der Waals surface area contributed by atoms with Crippen LogP contribution in [0.1, 0.15) is 27.9 Å². The van der Waals surface area contributed by atoms with E-state index in [1.807, 2.05) is 67.6 Å². The Morgan fingerprint density at radius 2 is 1.52 bits per heavy atom. The van der Waals surface area contributed by atoms with Gasteiger partial charge in [-0.05, 0) is 60.4 Å². The van der Waals surface area contributed by atoms with Crippen LogP contribution < -0.4 is 10.6 Å². The number of carbonyl (C=O) groups is 3. The fraction of sp³-hybridized carbons (Fsp3) is 0.192. The first-order chi connectivity index (χ1) is 15.9. The Bertz CT molecular complexity index is 1190. The topological polar surface area (TPSA) is 98.7 Å². The summed E-state index contributed by atoms with van der Waals surface area (Å²) in [5.74, 6) is -1.03. The molecule has 0 saturated heterocycles. The van der Waals surface area contributed by atoms with Crippen molar-refractivity contribution in [3.05, 3.63) is 83.4 Å². The molecule has 0 unspecified atom stereocenters. The van der Waals surface area contributed by atoms with Crippen molar-refractivity contribution in [3.8, 4) is 11.1 Å². The Balaban J connectivity index is 1.41. The number of urea groups is 1. The smallest absolute Gasteiger partial charge is 0.323 e. The molecule has 168 valence electrons. The average molecular weight is 444 g/mol. The van der Waals surface area contributed by atoms with Crippen LogP contribution in [0.5, 0.6) is 0 Å². The Kier molecular flexibility index (Phi) is 6.40. The average Bonchev–Trinajstić information content (AvgIpc) is 2.80. The Morgan fingerprint density at radius 1 is 0.909 bits per heavy atom. The SMILES string of the molecule is Cc1ccc(NC(=O)Nc2ccc(-c3ccc4c(c3)CCN(CCC(=O)O)C4=O)cc2)cc1. The van der Waals surface area contributed by atoms with Crippen molar-refractivity contribution in [2.24, 2.45) is 0 Å². The van der Waals surface area contributed by atoms with Crippen molar-refractivity contribution < 1.29 is 19.5 Å².